The first kappa shape index (κ1) is 14.7. The summed E-state index contributed by atoms with van der Waals surface area (Å²) in [6.45, 7) is 7.92. The molecule has 0 aromatic rings. The van der Waals surface area contributed by atoms with Crippen molar-refractivity contribution in [2.45, 2.75) is 45.6 Å². The minimum atomic E-state index is -0.671. The number of carbonyl (C=O) groups is 1. The zero-order valence-electron chi connectivity index (χ0n) is 12.0. The third-order valence-electron chi connectivity index (χ3n) is 4.83. The number of thiocarbonyl (C=S) groups is 1. The number of nitrogens with two attached hydrogens (primary N) is 1. The summed E-state index contributed by atoms with van der Waals surface area (Å²) in [4.78, 5) is 17.5. The average molecular weight is 283 g/mol. The highest BCUT2D eigenvalue weighted by Gasteiger charge is 2.41. The summed E-state index contributed by atoms with van der Waals surface area (Å²) in [5.74, 6) is 0.115. The number of carbonyl (C=O) groups excluding carboxylic acids is 1. The van der Waals surface area contributed by atoms with Crippen LogP contribution in [0.4, 0.5) is 0 Å². The summed E-state index contributed by atoms with van der Waals surface area (Å²) in [5, 5.41) is 0. The predicted octanol–water partition coefficient (Wildman–Crippen LogP) is 1.39. The number of rotatable bonds is 4. The Labute approximate surface area is 121 Å². The van der Waals surface area contributed by atoms with Crippen LogP contribution in [0.1, 0.15) is 39.5 Å². The maximum absolute atomic E-state index is 12.6. The highest BCUT2D eigenvalue weighted by Crippen LogP contribution is 2.28. The van der Waals surface area contributed by atoms with E-state index in [9.17, 15) is 4.79 Å². The Morgan fingerprint density at radius 2 is 2.00 bits per heavy atom. The SMILES string of the molecule is CCC(C)(C(=O)N1CCC(N2CCCC2)C1)C(N)=S. The van der Waals surface area contributed by atoms with E-state index in [0.29, 0.717) is 17.5 Å². The van der Waals surface area contributed by atoms with Crippen LogP contribution in [0.3, 0.4) is 0 Å². The van der Waals surface area contributed by atoms with Gasteiger partial charge in [-0.1, -0.05) is 19.1 Å². The fraction of sp³-hybridized carbons (Fsp3) is 0.857. The van der Waals surface area contributed by atoms with Gasteiger partial charge in [-0.05, 0) is 45.7 Å². The van der Waals surface area contributed by atoms with E-state index < -0.39 is 5.41 Å². The van der Waals surface area contributed by atoms with E-state index in [1.807, 2.05) is 18.7 Å². The number of hydrogen-bond acceptors (Lipinski definition) is 3. The van der Waals surface area contributed by atoms with Crippen molar-refractivity contribution in [1.29, 1.82) is 0 Å². The second-order valence-electron chi connectivity index (χ2n) is 5.99. The highest BCUT2D eigenvalue weighted by atomic mass is 32.1. The Bertz CT molecular complexity index is 368. The number of likely N-dealkylation sites (tertiary alicyclic amines) is 2. The maximum atomic E-state index is 12.6. The normalized spacial score (nSPS) is 27.5. The molecule has 19 heavy (non-hydrogen) atoms. The molecule has 2 rings (SSSR count). The number of amides is 1. The Morgan fingerprint density at radius 3 is 2.53 bits per heavy atom. The quantitative estimate of drug-likeness (QED) is 0.792. The van der Waals surface area contributed by atoms with Crippen LogP contribution in [0.15, 0.2) is 0 Å². The molecule has 4 nitrogen and oxygen atoms in total. The first-order valence-electron chi connectivity index (χ1n) is 7.32. The van der Waals surface area contributed by atoms with Gasteiger partial charge in [-0.3, -0.25) is 9.69 Å². The van der Waals surface area contributed by atoms with Gasteiger partial charge >= 0.3 is 0 Å². The van der Waals surface area contributed by atoms with Gasteiger partial charge in [0, 0.05) is 19.1 Å². The molecule has 2 aliphatic heterocycles. The van der Waals surface area contributed by atoms with E-state index >= 15 is 0 Å². The Hall–Kier alpha value is -0.680. The van der Waals surface area contributed by atoms with Crippen LogP contribution in [0.2, 0.25) is 0 Å². The van der Waals surface area contributed by atoms with Crippen LogP contribution in [-0.2, 0) is 4.79 Å². The lowest BCUT2D eigenvalue weighted by Crippen LogP contribution is -2.48. The lowest BCUT2D eigenvalue weighted by atomic mass is 9.86. The summed E-state index contributed by atoms with van der Waals surface area (Å²) >= 11 is 5.10. The second kappa shape index (κ2) is 5.75. The van der Waals surface area contributed by atoms with Crippen LogP contribution in [0.25, 0.3) is 0 Å². The predicted molar refractivity (Wildman–Crippen MR) is 81.0 cm³/mol. The first-order valence-corrected chi connectivity index (χ1v) is 7.73. The Morgan fingerprint density at radius 1 is 1.37 bits per heavy atom. The van der Waals surface area contributed by atoms with E-state index in [-0.39, 0.29) is 5.91 Å². The standard InChI is InChI=1S/C14H25N3OS/c1-3-14(2,12(15)19)13(18)17-9-6-11(10-17)16-7-4-5-8-16/h11H,3-10H2,1-2H3,(H2,15,19). The molecule has 2 unspecified atom stereocenters. The smallest absolute Gasteiger partial charge is 0.235 e. The van der Waals surface area contributed by atoms with Crippen LogP contribution >= 0.6 is 12.2 Å². The largest absolute Gasteiger partial charge is 0.392 e. The summed E-state index contributed by atoms with van der Waals surface area (Å²) in [6, 6.07) is 0.541. The highest BCUT2D eigenvalue weighted by molar-refractivity contribution is 7.80. The van der Waals surface area contributed by atoms with Crippen LogP contribution in [-0.4, -0.2) is 52.9 Å². The summed E-state index contributed by atoms with van der Waals surface area (Å²) in [7, 11) is 0. The molecule has 0 saturated carbocycles. The molecule has 2 heterocycles. The Kier molecular flexibility index (Phi) is 4.46. The second-order valence-corrected chi connectivity index (χ2v) is 6.43. The summed E-state index contributed by atoms with van der Waals surface area (Å²) in [6.07, 6.45) is 4.35. The molecule has 0 bridgehead atoms. The molecule has 2 saturated heterocycles. The molecule has 108 valence electrons. The molecule has 0 spiro atoms. The zero-order chi connectivity index (χ0) is 14.0. The topological polar surface area (TPSA) is 49.6 Å². The van der Waals surface area contributed by atoms with Crippen molar-refractivity contribution in [1.82, 2.24) is 9.80 Å². The minimum Gasteiger partial charge on any atom is -0.392 e. The van der Waals surface area contributed by atoms with Gasteiger partial charge in [0.05, 0.1) is 10.4 Å². The molecule has 0 aromatic carbocycles. The van der Waals surface area contributed by atoms with Crippen molar-refractivity contribution in [3.8, 4) is 0 Å². The van der Waals surface area contributed by atoms with Crippen molar-refractivity contribution in [3.63, 3.8) is 0 Å². The van der Waals surface area contributed by atoms with E-state index in [2.05, 4.69) is 4.90 Å². The molecular formula is C14H25N3OS. The first-order chi connectivity index (χ1) is 8.99. The fourth-order valence-corrected chi connectivity index (χ4v) is 3.34. The van der Waals surface area contributed by atoms with Crippen molar-refractivity contribution in [3.05, 3.63) is 0 Å². The van der Waals surface area contributed by atoms with Gasteiger partial charge < -0.3 is 10.6 Å². The molecule has 2 atom stereocenters. The van der Waals surface area contributed by atoms with E-state index in [4.69, 9.17) is 18.0 Å². The number of nitrogens with zero attached hydrogens (tertiary/aromatic N) is 2. The molecular weight excluding hydrogens is 258 g/mol. The molecule has 2 fully saturated rings. The molecule has 0 aromatic heterocycles. The molecule has 0 radical (unpaired) electrons. The van der Waals surface area contributed by atoms with Crippen LogP contribution < -0.4 is 5.73 Å². The van der Waals surface area contributed by atoms with Gasteiger partial charge in [-0.25, -0.2) is 0 Å². The van der Waals surface area contributed by atoms with Crippen molar-refractivity contribution in [2.75, 3.05) is 26.2 Å². The monoisotopic (exact) mass is 283 g/mol. The fourth-order valence-electron chi connectivity index (χ4n) is 3.11. The van der Waals surface area contributed by atoms with Crippen LogP contribution in [0.5, 0.6) is 0 Å². The minimum absolute atomic E-state index is 0.115. The third kappa shape index (κ3) is 2.77. The van der Waals surface area contributed by atoms with Crippen molar-refractivity contribution < 1.29 is 4.79 Å². The molecule has 2 aliphatic rings. The van der Waals surface area contributed by atoms with Gasteiger partial charge in [0.2, 0.25) is 5.91 Å². The molecule has 5 heteroatoms. The summed E-state index contributed by atoms with van der Waals surface area (Å²) < 4.78 is 0. The lowest BCUT2D eigenvalue weighted by Gasteiger charge is -2.31. The van der Waals surface area contributed by atoms with Gasteiger partial charge in [0.25, 0.3) is 0 Å². The van der Waals surface area contributed by atoms with E-state index in [1.165, 1.54) is 25.9 Å². The van der Waals surface area contributed by atoms with Gasteiger partial charge in [-0.15, -0.1) is 0 Å². The summed E-state index contributed by atoms with van der Waals surface area (Å²) in [5.41, 5.74) is 5.11. The molecule has 2 N–H and O–H groups in total. The van der Waals surface area contributed by atoms with Gasteiger partial charge in [0.1, 0.15) is 0 Å². The Balaban J connectivity index is 1.99. The van der Waals surface area contributed by atoms with E-state index in [0.717, 1.165) is 19.5 Å². The zero-order valence-corrected chi connectivity index (χ0v) is 12.8. The molecule has 0 aliphatic carbocycles. The average Bonchev–Trinajstić information content (AvgIpc) is 3.06. The lowest BCUT2D eigenvalue weighted by molar-refractivity contribution is -0.136. The van der Waals surface area contributed by atoms with Gasteiger partial charge in [0.15, 0.2) is 0 Å². The number of hydrogen-bond donors (Lipinski definition) is 1. The van der Waals surface area contributed by atoms with Crippen molar-refractivity contribution in [2.24, 2.45) is 11.1 Å². The van der Waals surface area contributed by atoms with Crippen LogP contribution in [0, 0.1) is 5.41 Å². The van der Waals surface area contributed by atoms with Crippen molar-refractivity contribution >= 4 is 23.1 Å². The van der Waals surface area contributed by atoms with Gasteiger partial charge in [-0.2, -0.15) is 0 Å². The molecule has 1 amide bonds. The van der Waals surface area contributed by atoms with E-state index in [1.54, 1.807) is 0 Å². The third-order valence-corrected chi connectivity index (χ3v) is 5.28. The maximum Gasteiger partial charge on any atom is 0.235 e.